The molecule has 0 saturated heterocycles. The van der Waals surface area contributed by atoms with E-state index in [4.69, 9.17) is 19.9 Å². The van der Waals surface area contributed by atoms with Crippen molar-refractivity contribution in [3.05, 3.63) is 133 Å². The molecule has 4 heteroatoms. The van der Waals surface area contributed by atoms with Crippen molar-refractivity contribution in [1.82, 2.24) is 19.9 Å². The lowest BCUT2D eigenvalue weighted by Gasteiger charge is -2.23. The minimum absolute atomic E-state index is 0.00651. The van der Waals surface area contributed by atoms with Crippen molar-refractivity contribution in [2.24, 2.45) is 0 Å². The van der Waals surface area contributed by atoms with Crippen LogP contribution in [-0.4, -0.2) is 19.9 Å². The van der Waals surface area contributed by atoms with E-state index in [2.05, 4.69) is 133 Å². The monoisotopic (exact) mass is 598 g/mol. The van der Waals surface area contributed by atoms with Crippen LogP contribution < -0.4 is 0 Å². The molecule has 0 unspecified atom stereocenters. The fraction of sp³-hybridized carbons (Fsp3) is 0.190. The van der Waals surface area contributed by atoms with Gasteiger partial charge in [0.25, 0.3) is 0 Å². The maximum atomic E-state index is 5.21. The highest BCUT2D eigenvalue weighted by molar-refractivity contribution is 6.00. The van der Waals surface area contributed by atoms with Gasteiger partial charge in [0.2, 0.25) is 0 Å². The number of aromatic nitrogens is 4. The Labute approximate surface area is 271 Å². The van der Waals surface area contributed by atoms with E-state index in [1.165, 1.54) is 21.9 Å². The molecule has 7 aromatic rings. The Morgan fingerprint density at radius 2 is 0.848 bits per heavy atom. The smallest absolute Gasteiger partial charge is 0.165 e. The lowest BCUT2D eigenvalue weighted by Crippen LogP contribution is -2.12. The molecule has 4 nitrogen and oxygen atoms in total. The summed E-state index contributed by atoms with van der Waals surface area (Å²) in [5.41, 5.74) is 7.37. The summed E-state index contributed by atoms with van der Waals surface area (Å²) < 4.78 is 0. The van der Waals surface area contributed by atoms with Crippen molar-refractivity contribution in [3.8, 4) is 45.4 Å². The molecular weight excluding hydrogens is 560 g/mol. The Morgan fingerprint density at radius 3 is 1.30 bits per heavy atom. The third-order valence-electron chi connectivity index (χ3n) is 8.67. The fourth-order valence-electron chi connectivity index (χ4n) is 6.35. The number of nitrogens with zero attached hydrogens (tertiary/aromatic N) is 4. The van der Waals surface area contributed by atoms with Crippen molar-refractivity contribution >= 4 is 21.5 Å². The number of hydrogen-bond donors (Lipinski definition) is 0. The maximum absolute atomic E-state index is 5.21. The van der Waals surface area contributed by atoms with Crippen LogP contribution >= 0.6 is 0 Å². The zero-order chi connectivity index (χ0) is 32.1. The summed E-state index contributed by atoms with van der Waals surface area (Å²) in [6.07, 6.45) is 1.87. The molecule has 0 atom stereocenters. The molecule has 0 spiro atoms. The quantitative estimate of drug-likeness (QED) is 0.202. The number of fused-ring (bicyclic) bond motifs is 2. The molecule has 0 N–H and O–H groups in total. The van der Waals surface area contributed by atoms with Gasteiger partial charge in [0.05, 0.1) is 5.69 Å². The second-order valence-corrected chi connectivity index (χ2v) is 14.0. The molecule has 2 aromatic heterocycles. The van der Waals surface area contributed by atoms with Crippen molar-refractivity contribution < 1.29 is 0 Å². The molecule has 0 bridgehead atoms. The zero-order valence-electron chi connectivity index (χ0n) is 27.3. The first-order valence-corrected chi connectivity index (χ1v) is 15.9. The minimum Gasteiger partial charge on any atom is -0.255 e. The van der Waals surface area contributed by atoms with Gasteiger partial charge in [-0.3, -0.25) is 4.98 Å². The van der Waals surface area contributed by atoms with Crippen LogP contribution in [0.3, 0.4) is 0 Å². The third-order valence-corrected chi connectivity index (χ3v) is 8.67. The number of pyridine rings is 1. The predicted octanol–water partition coefficient (Wildman–Crippen LogP) is 10.8. The van der Waals surface area contributed by atoms with Crippen molar-refractivity contribution in [1.29, 1.82) is 0 Å². The molecule has 0 saturated carbocycles. The van der Waals surface area contributed by atoms with Gasteiger partial charge in [-0.05, 0) is 55.6 Å². The molecule has 0 aliphatic carbocycles. The molecule has 0 radical (unpaired) electrons. The van der Waals surface area contributed by atoms with E-state index in [0.717, 1.165) is 38.7 Å². The Morgan fingerprint density at radius 1 is 0.391 bits per heavy atom. The van der Waals surface area contributed by atoms with Gasteiger partial charge in [0, 0.05) is 28.5 Å². The van der Waals surface area contributed by atoms with Gasteiger partial charge in [-0.25, -0.2) is 15.0 Å². The first kappa shape index (κ1) is 29.5. The van der Waals surface area contributed by atoms with E-state index < -0.39 is 0 Å². The Kier molecular flexibility index (Phi) is 7.24. The molecule has 46 heavy (non-hydrogen) atoms. The summed E-state index contributed by atoms with van der Waals surface area (Å²) >= 11 is 0. The first-order valence-electron chi connectivity index (χ1n) is 15.9. The summed E-state index contributed by atoms with van der Waals surface area (Å²) in [4.78, 5) is 20.2. The lowest BCUT2D eigenvalue weighted by atomic mass is 9.82. The van der Waals surface area contributed by atoms with E-state index in [9.17, 15) is 0 Å². The summed E-state index contributed by atoms with van der Waals surface area (Å²) in [5.74, 6) is 1.89. The van der Waals surface area contributed by atoms with Crippen LogP contribution in [0.2, 0.25) is 0 Å². The predicted molar refractivity (Wildman–Crippen MR) is 192 cm³/mol. The zero-order valence-corrected chi connectivity index (χ0v) is 27.3. The molecule has 2 heterocycles. The van der Waals surface area contributed by atoms with Gasteiger partial charge in [0.15, 0.2) is 17.5 Å². The summed E-state index contributed by atoms with van der Waals surface area (Å²) in [7, 11) is 0. The van der Waals surface area contributed by atoms with Crippen LogP contribution in [-0.2, 0) is 10.8 Å². The number of hydrogen-bond acceptors (Lipinski definition) is 4. The highest BCUT2D eigenvalue weighted by Crippen LogP contribution is 2.38. The van der Waals surface area contributed by atoms with Crippen LogP contribution in [0.15, 0.2) is 121 Å². The van der Waals surface area contributed by atoms with E-state index in [0.29, 0.717) is 17.5 Å². The molecule has 0 aliphatic rings. The van der Waals surface area contributed by atoms with Crippen molar-refractivity contribution in [3.63, 3.8) is 0 Å². The average molecular weight is 599 g/mol. The highest BCUT2D eigenvalue weighted by Gasteiger charge is 2.22. The average Bonchev–Trinajstić information content (AvgIpc) is 3.06. The molecule has 5 aromatic carbocycles. The van der Waals surface area contributed by atoms with E-state index in [1.807, 2.05) is 30.5 Å². The van der Waals surface area contributed by atoms with Gasteiger partial charge in [-0.15, -0.1) is 0 Å². The van der Waals surface area contributed by atoms with E-state index in [-0.39, 0.29) is 10.8 Å². The molecule has 0 aliphatic heterocycles. The van der Waals surface area contributed by atoms with Gasteiger partial charge < -0.3 is 0 Å². The molecule has 0 fully saturated rings. The number of benzene rings is 5. The maximum Gasteiger partial charge on any atom is 0.165 e. The fourth-order valence-corrected chi connectivity index (χ4v) is 6.35. The largest absolute Gasteiger partial charge is 0.255 e. The van der Waals surface area contributed by atoms with Crippen LogP contribution in [0, 0.1) is 0 Å². The molecule has 0 amide bonds. The van der Waals surface area contributed by atoms with Gasteiger partial charge >= 0.3 is 0 Å². The van der Waals surface area contributed by atoms with E-state index in [1.54, 1.807) is 0 Å². The SMILES string of the molecule is CC(C)(C)c1ccc(-c2nc(-c3ccc(-c4ccccc4)nc3)nc(-c3ccc(C(C)(C)C)c4ccccc34)n2)c2ccccc12. The second kappa shape index (κ2) is 11.3. The first-order chi connectivity index (χ1) is 22.1. The van der Waals surface area contributed by atoms with Gasteiger partial charge in [-0.2, -0.15) is 0 Å². The Bertz CT molecular complexity index is 2090. The van der Waals surface area contributed by atoms with Crippen molar-refractivity contribution in [2.75, 3.05) is 0 Å². The lowest BCUT2D eigenvalue weighted by molar-refractivity contribution is 0.595. The summed E-state index contributed by atoms with van der Waals surface area (Å²) in [5, 5.41) is 4.68. The summed E-state index contributed by atoms with van der Waals surface area (Å²) in [6.45, 7) is 13.5. The molecule has 7 rings (SSSR count). The van der Waals surface area contributed by atoms with Crippen LogP contribution in [0.5, 0.6) is 0 Å². The normalized spacial score (nSPS) is 12.1. The number of rotatable bonds is 4. The van der Waals surface area contributed by atoms with Crippen LogP contribution in [0.25, 0.3) is 67.0 Å². The molecular formula is C42H38N4. The van der Waals surface area contributed by atoms with Crippen LogP contribution in [0.4, 0.5) is 0 Å². The molecule has 226 valence electrons. The Hall–Kier alpha value is -5.22. The van der Waals surface area contributed by atoms with Gasteiger partial charge in [0.1, 0.15) is 0 Å². The van der Waals surface area contributed by atoms with Crippen molar-refractivity contribution in [2.45, 2.75) is 52.4 Å². The third kappa shape index (κ3) is 5.45. The second-order valence-electron chi connectivity index (χ2n) is 14.0. The highest BCUT2D eigenvalue weighted by atomic mass is 15.0. The summed E-state index contributed by atoms with van der Waals surface area (Å²) in [6, 6.07) is 40.2. The van der Waals surface area contributed by atoms with Crippen LogP contribution in [0.1, 0.15) is 52.7 Å². The Balaban J connectivity index is 1.47. The standard InChI is InChI=1S/C42H38N4/c1-41(2,3)35-23-21-33(29-16-10-12-18-31(29)35)39-44-38(28-20-25-37(43-26-28)27-14-8-7-9-15-27)45-40(46-39)34-22-24-36(42(4,5)6)32-19-13-11-17-30(32)34/h7-26H,1-6H3. The van der Waals surface area contributed by atoms with Gasteiger partial charge in [-0.1, -0.05) is 145 Å². The topological polar surface area (TPSA) is 51.6 Å². The minimum atomic E-state index is -0.00651. The van der Waals surface area contributed by atoms with E-state index >= 15 is 0 Å².